The van der Waals surface area contributed by atoms with Crippen molar-refractivity contribution in [3.8, 4) is 18.2 Å². The number of nitrogens with zero attached hydrogens (tertiary/aromatic N) is 5. The van der Waals surface area contributed by atoms with E-state index in [1.807, 2.05) is 12.1 Å². The van der Waals surface area contributed by atoms with E-state index >= 15 is 0 Å². The van der Waals surface area contributed by atoms with E-state index in [0.29, 0.717) is 25.4 Å². The molecule has 0 aliphatic carbocycles. The number of thioether (sulfide) groups is 2. The highest BCUT2D eigenvalue weighted by atomic mass is 32.2. The van der Waals surface area contributed by atoms with Gasteiger partial charge in [-0.05, 0) is 17.7 Å². The zero-order valence-electron chi connectivity index (χ0n) is 13.1. The van der Waals surface area contributed by atoms with E-state index in [4.69, 9.17) is 10.5 Å². The quantitative estimate of drug-likeness (QED) is 0.701. The van der Waals surface area contributed by atoms with Gasteiger partial charge in [-0.3, -0.25) is 0 Å². The number of sulfone groups is 1. The van der Waals surface area contributed by atoms with Gasteiger partial charge in [0.25, 0.3) is 0 Å². The third-order valence-electron chi connectivity index (χ3n) is 3.31. The van der Waals surface area contributed by atoms with E-state index in [1.165, 1.54) is 35.7 Å². The van der Waals surface area contributed by atoms with E-state index in [0.717, 1.165) is 6.26 Å². The lowest BCUT2D eigenvalue weighted by atomic mass is 10.1. The molecule has 1 aromatic carbocycles. The van der Waals surface area contributed by atoms with Crippen molar-refractivity contribution in [2.45, 2.75) is 14.9 Å². The highest BCUT2D eigenvalue weighted by Crippen LogP contribution is 2.52. The zero-order chi connectivity index (χ0) is 18.9. The van der Waals surface area contributed by atoms with Gasteiger partial charge in [0.05, 0.1) is 14.7 Å². The summed E-state index contributed by atoms with van der Waals surface area (Å²) >= 11 is 2.38. The maximum atomic E-state index is 11.6. The van der Waals surface area contributed by atoms with Crippen molar-refractivity contribution in [2.24, 2.45) is 0 Å². The smallest absolute Gasteiger partial charge is 0.178 e. The number of aromatic nitrogens is 2. The van der Waals surface area contributed by atoms with Crippen LogP contribution in [0.5, 0.6) is 0 Å². The zero-order valence-corrected chi connectivity index (χ0v) is 15.5. The van der Waals surface area contributed by atoms with E-state index in [2.05, 4.69) is 16.0 Å². The molecular weight excluding hydrogens is 390 g/mol. The second kappa shape index (κ2) is 6.81. The van der Waals surface area contributed by atoms with E-state index < -0.39 is 9.84 Å². The summed E-state index contributed by atoms with van der Waals surface area (Å²) in [5, 5.41) is 28.5. The van der Waals surface area contributed by atoms with Gasteiger partial charge in [0.15, 0.2) is 21.2 Å². The average molecular weight is 397 g/mol. The van der Waals surface area contributed by atoms with Crippen LogP contribution in [0, 0.1) is 34.0 Å². The molecule has 0 N–H and O–H groups in total. The number of benzene rings is 1. The first kappa shape index (κ1) is 18.0. The minimum atomic E-state index is -3.32. The van der Waals surface area contributed by atoms with Gasteiger partial charge in [-0.15, -0.1) is 0 Å². The molecule has 26 heavy (non-hydrogen) atoms. The summed E-state index contributed by atoms with van der Waals surface area (Å²) in [5.41, 5.74) is 0.786. The molecule has 10 heteroatoms. The minimum Gasteiger partial charge on any atom is -0.224 e. The van der Waals surface area contributed by atoms with E-state index in [-0.39, 0.29) is 16.3 Å². The molecule has 1 aliphatic rings. The van der Waals surface area contributed by atoms with Crippen LogP contribution >= 0.6 is 23.5 Å². The standard InChI is InChI=1S/C16H7N5O2S3/c1-26(22,23)10-4-2-9(3-5-10)11(6-17)16-24-14-15(25-16)21-13(8-19)12(7-18)20-14/h2-5H,1H3. The van der Waals surface area contributed by atoms with Crippen molar-refractivity contribution in [1.29, 1.82) is 15.8 Å². The maximum absolute atomic E-state index is 11.6. The molecule has 0 spiro atoms. The lowest BCUT2D eigenvalue weighted by Gasteiger charge is -2.04. The monoisotopic (exact) mass is 397 g/mol. The van der Waals surface area contributed by atoms with Crippen molar-refractivity contribution in [3.63, 3.8) is 0 Å². The number of allylic oxidation sites excluding steroid dienone is 1. The van der Waals surface area contributed by atoms with Crippen molar-refractivity contribution >= 4 is 38.9 Å². The van der Waals surface area contributed by atoms with Crippen LogP contribution in [-0.4, -0.2) is 24.6 Å². The molecule has 2 heterocycles. The Morgan fingerprint density at radius 1 is 0.962 bits per heavy atom. The van der Waals surface area contributed by atoms with E-state index in [9.17, 15) is 13.7 Å². The molecule has 1 aromatic heterocycles. The van der Waals surface area contributed by atoms with Gasteiger partial charge >= 0.3 is 0 Å². The Balaban J connectivity index is 2.03. The van der Waals surface area contributed by atoms with Crippen LogP contribution in [0.15, 0.2) is 43.5 Å². The molecule has 0 bridgehead atoms. The Kier molecular flexibility index (Phi) is 4.71. The Morgan fingerprint density at radius 2 is 1.46 bits per heavy atom. The van der Waals surface area contributed by atoms with Gasteiger partial charge in [0.2, 0.25) is 0 Å². The van der Waals surface area contributed by atoms with Gasteiger partial charge in [-0.1, -0.05) is 35.7 Å². The van der Waals surface area contributed by atoms with Crippen LogP contribution < -0.4 is 0 Å². The van der Waals surface area contributed by atoms with Crippen molar-refractivity contribution in [1.82, 2.24) is 9.97 Å². The summed E-state index contributed by atoms with van der Waals surface area (Å²) in [5.74, 6) is 0. The SMILES string of the molecule is CS(=O)(=O)c1ccc(C(C#N)=C2Sc3nc(C#N)c(C#N)nc3S2)cc1. The largest absolute Gasteiger partial charge is 0.224 e. The second-order valence-electron chi connectivity index (χ2n) is 5.03. The number of hydrogen-bond donors (Lipinski definition) is 0. The molecule has 0 fully saturated rings. The number of fused-ring (bicyclic) bond motifs is 1. The molecule has 1 aliphatic heterocycles. The van der Waals surface area contributed by atoms with Gasteiger partial charge in [0, 0.05) is 6.26 Å². The van der Waals surface area contributed by atoms with Gasteiger partial charge < -0.3 is 0 Å². The fourth-order valence-electron chi connectivity index (χ4n) is 2.09. The Morgan fingerprint density at radius 3 is 1.85 bits per heavy atom. The molecule has 0 atom stereocenters. The van der Waals surface area contributed by atoms with Crippen LogP contribution in [-0.2, 0) is 9.84 Å². The number of rotatable bonds is 2. The highest BCUT2D eigenvalue weighted by Gasteiger charge is 2.27. The average Bonchev–Trinajstić information content (AvgIpc) is 3.03. The molecular formula is C16H7N5O2S3. The first-order chi connectivity index (χ1) is 12.4. The maximum Gasteiger partial charge on any atom is 0.178 e. The fourth-order valence-corrected chi connectivity index (χ4v) is 5.03. The summed E-state index contributed by atoms with van der Waals surface area (Å²) in [6.45, 7) is 0. The van der Waals surface area contributed by atoms with Crippen LogP contribution in [0.3, 0.4) is 0 Å². The third-order valence-corrected chi connectivity index (χ3v) is 6.80. The van der Waals surface area contributed by atoms with E-state index in [1.54, 1.807) is 12.1 Å². The Labute approximate surface area is 157 Å². The molecule has 0 radical (unpaired) electrons. The molecule has 0 amide bonds. The summed E-state index contributed by atoms with van der Waals surface area (Å²) in [6.07, 6.45) is 1.11. The molecule has 2 aromatic rings. The molecule has 0 saturated heterocycles. The molecule has 126 valence electrons. The van der Waals surface area contributed by atoms with Crippen molar-refractivity contribution in [2.75, 3.05) is 6.26 Å². The first-order valence-electron chi connectivity index (χ1n) is 6.90. The van der Waals surface area contributed by atoms with Crippen LogP contribution in [0.2, 0.25) is 0 Å². The normalized spacial score (nSPS) is 12.6. The molecule has 0 unspecified atom stereocenters. The summed E-state index contributed by atoms with van der Waals surface area (Å²) in [6, 6.07) is 11.8. The topological polar surface area (TPSA) is 131 Å². The van der Waals surface area contributed by atoms with Gasteiger partial charge in [0.1, 0.15) is 28.3 Å². The molecule has 7 nitrogen and oxygen atoms in total. The second-order valence-corrected chi connectivity index (χ2v) is 9.30. The first-order valence-corrected chi connectivity index (χ1v) is 10.4. The van der Waals surface area contributed by atoms with Crippen LogP contribution in [0.4, 0.5) is 0 Å². The van der Waals surface area contributed by atoms with Crippen LogP contribution in [0.1, 0.15) is 17.0 Å². The summed E-state index contributed by atoms with van der Waals surface area (Å²) < 4.78 is 23.7. The number of nitriles is 3. The highest BCUT2D eigenvalue weighted by molar-refractivity contribution is 8.24. The predicted molar refractivity (Wildman–Crippen MR) is 95.3 cm³/mol. The molecule has 0 saturated carbocycles. The van der Waals surface area contributed by atoms with Crippen LogP contribution in [0.25, 0.3) is 5.57 Å². The van der Waals surface area contributed by atoms with Crippen molar-refractivity contribution < 1.29 is 8.42 Å². The van der Waals surface area contributed by atoms with Crippen molar-refractivity contribution in [3.05, 3.63) is 45.5 Å². The van der Waals surface area contributed by atoms with Gasteiger partial charge in [-0.2, -0.15) is 15.8 Å². The molecule has 3 rings (SSSR count). The summed E-state index contributed by atoms with van der Waals surface area (Å²) in [7, 11) is -3.32. The van der Waals surface area contributed by atoms with Gasteiger partial charge in [-0.25, -0.2) is 18.4 Å². The number of hydrogen-bond acceptors (Lipinski definition) is 9. The predicted octanol–water partition coefficient (Wildman–Crippen LogP) is 2.71. The summed E-state index contributed by atoms with van der Waals surface area (Å²) in [4.78, 5) is 8.41. The third kappa shape index (κ3) is 3.29. The minimum absolute atomic E-state index is 0.0587. The lowest BCUT2D eigenvalue weighted by molar-refractivity contribution is 0.602. The lowest BCUT2D eigenvalue weighted by Crippen LogP contribution is -1.96. The Hall–Kier alpha value is -2.84. The Bertz CT molecular complexity index is 1140. The fraction of sp³-hybridized carbons (Fsp3) is 0.0625.